The zero-order valence-corrected chi connectivity index (χ0v) is 47.4. The Kier molecular flexibility index (Phi) is 38.1. The topological polar surface area (TPSA) is 274 Å². The molecular weight excluding hydrogens is 949 g/mol. The number of nitrogens with two attached hydrogens (primary N) is 1. The van der Waals surface area contributed by atoms with E-state index in [4.69, 9.17) is 19.9 Å². The number of primary amides is 1. The van der Waals surface area contributed by atoms with E-state index in [2.05, 4.69) is 78.8 Å². The highest BCUT2D eigenvalue weighted by molar-refractivity contribution is 5.87. The predicted octanol–water partition coefficient (Wildman–Crippen LogP) is 5.57. The molecule has 0 spiro atoms. The van der Waals surface area contributed by atoms with Crippen molar-refractivity contribution in [1.82, 2.24) is 37.2 Å². The second-order valence-electron chi connectivity index (χ2n) is 23.0. The van der Waals surface area contributed by atoms with Crippen LogP contribution in [-0.2, 0) is 52.6 Å². The van der Waals surface area contributed by atoms with E-state index in [1.165, 1.54) is 0 Å². The van der Waals surface area contributed by atoms with Crippen LogP contribution in [0.2, 0.25) is 0 Å². The molecule has 19 nitrogen and oxygen atoms in total. The van der Waals surface area contributed by atoms with Gasteiger partial charge in [-0.05, 0) is 80.1 Å². The molecule has 8 amide bonds. The van der Waals surface area contributed by atoms with E-state index in [-0.39, 0.29) is 130 Å². The van der Waals surface area contributed by atoms with Crippen LogP contribution in [0.25, 0.3) is 0 Å². The second kappa shape index (κ2) is 40.7. The van der Waals surface area contributed by atoms with Gasteiger partial charge in [0, 0.05) is 84.2 Å². The van der Waals surface area contributed by atoms with Gasteiger partial charge in [0.05, 0.1) is 39.6 Å². The van der Waals surface area contributed by atoms with Crippen molar-refractivity contribution in [2.75, 3.05) is 78.9 Å². The van der Waals surface area contributed by atoms with E-state index in [9.17, 15) is 38.4 Å². The first kappa shape index (κ1) is 69.4. The highest BCUT2D eigenvalue weighted by Gasteiger charge is 2.34. The summed E-state index contributed by atoms with van der Waals surface area (Å²) in [5.74, 6) is -1.80. The third kappa shape index (κ3) is 47.1. The van der Waals surface area contributed by atoms with Crippen molar-refractivity contribution in [3.63, 3.8) is 0 Å². The monoisotopic (exact) mass is 1050 g/mol. The molecule has 0 aliphatic rings. The normalized spacial score (nSPS) is 12.0. The lowest BCUT2D eigenvalue weighted by molar-refractivity contribution is -0.130. The van der Waals surface area contributed by atoms with Gasteiger partial charge in [-0.3, -0.25) is 38.4 Å². The van der Waals surface area contributed by atoms with Crippen molar-refractivity contribution in [3.05, 3.63) is 12.2 Å². The average molecular weight is 1050 g/mol. The van der Waals surface area contributed by atoms with Crippen LogP contribution in [0.1, 0.15) is 191 Å². The van der Waals surface area contributed by atoms with Crippen LogP contribution in [0.3, 0.4) is 0 Å². The summed E-state index contributed by atoms with van der Waals surface area (Å²) < 4.78 is 17.8. The Bertz CT molecular complexity index is 1590. The van der Waals surface area contributed by atoms with E-state index in [1.807, 2.05) is 26.8 Å². The summed E-state index contributed by atoms with van der Waals surface area (Å²) in [6.07, 6.45) is 15.0. The molecule has 0 radical (unpaired) electrons. The minimum atomic E-state index is -1.31. The number of rotatable bonds is 44. The summed E-state index contributed by atoms with van der Waals surface area (Å²) in [4.78, 5) is 99.4. The number of hydrogen-bond acceptors (Lipinski definition) is 11. The summed E-state index contributed by atoms with van der Waals surface area (Å²) in [6.45, 7) is 21.3. The Hall–Kier alpha value is -4.62. The van der Waals surface area contributed by atoms with Gasteiger partial charge in [-0.15, -0.1) is 0 Å². The maximum Gasteiger partial charge on any atom is 0.243 e. The van der Waals surface area contributed by atoms with E-state index in [1.54, 1.807) is 6.08 Å². The zero-order valence-electron chi connectivity index (χ0n) is 47.4. The van der Waals surface area contributed by atoms with Crippen molar-refractivity contribution in [2.24, 2.45) is 22.0 Å². The van der Waals surface area contributed by atoms with Gasteiger partial charge in [-0.25, -0.2) is 0 Å². The summed E-state index contributed by atoms with van der Waals surface area (Å²) in [5, 5.41) is 20.2. The first-order chi connectivity index (χ1) is 34.8. The van der Waals surface area contributed by atoms with Gasteiger partial charge >= 0.3 is 0 Å². The highest BCUT2D eigenvalue weighted by atomic mass is 16.5. The Morgan fingerprint density at radius 3 is 1.14 bits per heavy atom. The number of amides is 8. The molecule has 0 atom stereocenters. The summed E-state index contributed by atoms with van der Waals surface area (Å²) in [5.41, 5.74) is 4.45. The molecule has 0 fully saturated rings. The second-order valence-corrected chi connectivity index (χ2v) is 23.0. The Morgan fingerprint density at radius 1 is 0.392 bits per heavy atom. The van der Waals surface area contributed by atoms with Crippen LogP contribution in [-0.4, -0.2) is 132 Å². The molecule has 0 heterocycles. The number of carbonyl (C=O) groups is 8. The minimum Gasteiger partial charge on any atom is -0.378 e. The van der Waals surface area contributed by atoms with Crippen molar-refractivity contribution in [2.45, 2.75) is 196 Å². The first-order valence-corrected chi connectivity index (χ1v) is 27.4. The maximum atomic E-state index is 13.5. The minimum absolute atomic E-state index is 0.00402. The Labute approximate surface area is 445 Å². The fourth-order valence-corrected chi connectivity index (χ4v) is 7.15. The molecule has 0 aromatic carbocycles. The van der Waals surface area contributed by atoms with Gasteiger partial charge in [-0.1, -0.05) is 94.1 Å². The number of hydrogen-bond donors (Lipinski definition) is 8. The lowest BCUT2D eigenvalue weighted by Crippen LogP contribution is -2.58. The smallest absolute Gasteiger partial charge is 0.243 e. The number of unbranched alkanes of at least 4 members (excludes halogenated alkanes) is 5. The third-order valence-electron chi connectivity index (χ3n) is 11.4. The van der Waals surface area contributed by atoms with Gasteiger partial charge < -0.3 is 57.2 Å². The van der Waals surface area contributed by atoms with Crippen LogP contribution in [0, 0.1) is 16.2 Å². The maximum absolute atomic E-state index is 13.5. The van der Waals surface area contributed by atoms with Crippen molar-refractivity contribution in [3.8, 4) is 0 Å². The molecule has 0 aliphatic heterocycles. The molecule has 0 aromatic heterocycles. The number of ether oxygens (including phenoxy) is 3. The van der Waals surface area contributed by atoms with Gasteiger partial charge in [0.2, 0.25) is 47.3 Å². The zero-order chi connectivity index (χ0) is 55.7. The fourth-order valence-electron chi connectivity index (χ4n) is 7.15. The van der Waals surface area contributed by atoms with Gasteiger partial charge in [0.25, 0.3) is 0 Å². The van der Waals surface area contributed by atoms with Crippen molar-refractivity contribution >= 4 is 47.3 Å². The lowest BCUT2D eigenvalue weighted by Gasteiger charge is -2.34. The molecule has 19 heteroatoms. The van der Waals surface area contributed by atoms with E-state index >= 15 is 0 Å². The summed E-state index contributed by atoms with van der Waals surface area (Å²) in [6, 6.07) is 0. The van der Waals surface area contributed by atoms with Crippen molar-refractivity contribution in [1.29, 1.82) is 0 Å². The number of allylic oxidation sites excluding steroid dienone is 1. The van der Waals surface area contributed by atoms with E-state index in [0.717, 1.165) is 64.2 Å². The Morgan fingerprint density at radius 2 is 0.743 bits per heavy atom. The molecule has 0 saturated carbocycles. The number of carbonyl (C=O) groups excluding carboxylic acids is 8. The summed E-state index contributed by atoms with van der Waals surface area (Å²) >= 11 is 0. The standard InChI is InChI=1S/C55H102N8O11/c1-52(2,3)29-14-12-21-45(65)59-34-19-36-61-49(69)27-39-73-42-55(41-72-38-26-44(56)64,43-74-40-28-50(70)62-37-20-35-60-46(66)22-13-15-30-53(4,5)6)63-51(71)24-18-23-47(67)57-32-16-10-11-17-33-58-48(68)25-31-54(7,8)9/h25,31H,10-24,26-30,32-43H2,1-9H3,(H2,56,64)(H,57,67)(H,58,68)(H,59,65)(H,60,66)(H,61,69)(H,62,70)(H,63,71)/b31-25+. The van der Waals surface area contributed by atoms with Gasteiger partial charge in [-0.2, -0.15) is 0 Å². The van der Waals surface area contributed by atoms with E-state index in [0.29, 0.717) is 65.0 Å². The molecule has 0 bridgehead atoms. The SMILES string of the molecule is CC(C)(C)/C=C/C(=O)NCCCCCCNC(=O)CCCC(=O)NC(COCCC(N)=O)(COCCC(=O)NCCCNC(=O)CCCCC(C)(C)C)COCCC(=O)NCCCNC(=O)CCCCC(C)(C)C. The third-order valence-corrected chi connectivity index (χ3v) is 11.4. The average Bonchev–Trinajstić information content (AvgIpc) is 3.30. The van der Waals surface area contributed by atoms with Crippen LogP contribution < -0.4 is 43.0 Å². The van der Waals surface area contributed by atoms with Gasteiger partial charge in [0.1, 0.15) is 5.54 Å². The first-order valence-electron chi connectivity index (χ1n) is 27.4. The molecular formula is C55H102N8O11. The molecule has 0 saturated heterocycles. The molecule has 0 aromatic rings. The largest absolute Gasteiger partial charge is 0.378 e. The molecule has 428 valence electrons. The van der Waals surface area contributed by atoms with Crippen LogP contribution in [0.4, 0.5) is 0 Å². The molecule has 9 N–H and O–H groups in total. The van der Waals surface area contributed by atoms with Crippen LogP contribution in [0.15, 0.2) is 12.2 Å². The lowest BCUT2D eigenvalue weighted by atomic mass is 9.89. The quantitative estimate of drug-likeness (QED) is 0.0276. The van der Waals surface area contributed by atoms with E-state index < -0.39 is 17.4 Å². The van der Waals surface area contributed by atoms with Gasteiger partial charge in [0.15, 0.2) is 0 Å². The molecule has 0 unspecified atom stereocenters. The molecule has 0 aliphatic carbocycles. The molecule has 74 heavy (non-hydrogen) atoms. The van der Waals surface area contributed by atoms with Crippen molar-refractivity contribution < 1.29 is 52.6 Å². The highest BCUT2D eigenvalue weighted by Crippen LogP contribution is 2.23. The van der Waals surface area contributed by atoms with Crippen LogP contribution in [0.5, 0.6) is 0 Å². The summed E-state index contributed by atoms with van der Waals surface area (Å²) in [7, 11) is 0. The molecule has 0 rings (SSSR count). The van der Waals surface area contributed by atoms with Crippen LogP contribution >= 0.6 is 0 Å². The Balaban J connectivity index is 5.26. The fraction of sp³-hybridized carbons (Fsp3) is 0.818. The predicted molar refractivity (Wildman–Crippen MR) is 290 cm³/mol. The number of nitrogens with one attached hydrogen (secondary N) is 7.